The second-order valence-electron chi connectivity index (χ2n) is 5.95. The van der Waals surface area contributed by atoms with Crippen molar-refractivity contribution in [3.8, 4) is 0 Å². The van der Waals surface area contributed by atoms with Gasteiger partial charge in [-0.15, -0.1) is 0 Å². The van der Waals surface area contributed by atoms with Crippen molar-refractivity contribution in [1.29, 1.82) is 0 Å². The number of benzene rings is 2. The second kappa shape index (κ2) is 9.32. The molecule has 150 valence electrons. The fraction of sp³-hybridized carbons (Fsp3) is 0.263. The summed E-state index contributed by atoms with van der Waals surface area (Å²) in [4.78, 5) is 25.7. The summed E-state index contributed by atoms with van der Waals surface area (Å²) in [6.07, 6.45) is -4.59. The highest BCUT2D eigenvalue weighted by Crippen LogP contribution is 2.34. The average Bonchev–Trinajstić information content (AvgIpc) is 2.62. The van der Waals surface area contributed by atoms with Gasteiger partial charge in [-0.2, -0.15) is 13.2 Å². The summed E-state index contributed by atoms with van der Waals surface area (Å²) < 4.78 is 51.9. The third-order valence-corrected chi connectivity index (χ3v) is 3.82. The second-order valence-corrected chi connectivity index (χ2v) is 5.95. The van der Waals surface area contributed by atoms with Gasteiger partial charge in [-0.1, -0.05) is 19.1 Å². The standard InChI is InChI=1S/C19H19F4N3O2/c1-2-26(11-17(27)24-14-9-7-13(20)8-10-14)12-18(28)25-16-6-4-3-5-15(16)19(21,22)23/h3-10H,2,11-12H2,1H3,(H,24,27)(H,25,28). The first-order chi connectivity index (χ1) is 13.2. The molecule has 0 atom stereocenters. The number of nitrogens with one attached hydrogen (secondary N) is 2. The monoisotopic (exact) mass is 397 g/mol. The number of para-hydroxylation sites is 1. The molecule has 0 saturated heterocycles. The summed E-state index contributed by atoms with van der Waals surface area (Å²) in [7, 11) is 0. The van der Waals surface area contributed by atoms with Gasteiger partial charge in [0.25, 0.3) is 0 Å². The fourth-order valence-electron chi connectivity index (χ4n) is 2.45. The SMILES string of the molecule is CCN(CC(=O)Nc1ccc(F)cc1)CC(=O)Nc1ccccc1C(F)(F)F. The van der Waals surface area contributed by atoms with Crippen molar-refractivity contribution in [3.05, 3.63) is 59.9 Å². The minimum atomic E-state index is -4.59. The van der Waals surface area contributed by atoms with Crippen LogP contribution >= 0.6 is 0 Å². The van der Waals surface area contributed by atoms with E-state index in [1.54, 1.807) is 6.92 Å². The highest BCUT2D eigenvalue weighted by Gasteiger charge is 2.33. The first-order valence-electron chi connectivity index (χ1n) is 8.43. The van der Waals surface area contributed by atoms with E-state index in [0.29, 0.717) is 12.2 Å². The molecule has 2 aromatic carbocycles. The third-order valence-electron chi connectivity index (χ3n) is 3.82. The Bertz CT molecular complexity index is 823. The summed E-state index contributed by atoms with van der Waals surface area (Å²) in [5, 5.41) is 4.80. The molecule has 2 amide bonds. The Kier molecular flexibility index (Phi) is 7.11. The van der Waals surface area contributed by atoms with Crippen LogP contribution < -0.4 is 10.6 Å². The molecular weight excluding hydrogens is 378 g/mol. The maximum absolute atomic E-state index is 13.0. The molecular formula is C19H19F4N3O2. The molecule has 0 radical (unpaired) electrons. The van der Waals surface area contributed by atoms with Gasteiger partial charge in [0.2, 0.25) is 11.8 Å². The van der Waals surface area contributed by atoms with Gasteiger partial charge in [0.05, 0.1) is 24.3 Å². The normalized spacial score (nSPS) is 11.4. The number of anilines is 2. The summed E-state index contributed by atoms with van der Waals surface area (Å²) in [6, 6.07) is 9.84. The van der Waals surface area contributed by atoms with Crippen molar-refractivity contribution in [2.45, 2.75) is 13.1 Å². The van der Waals surface area contributed by atoms with Crippen LogP contribution in [0, 0.1) is 5.82 Å². The van der Waals surface area contributed by atoms with Crippen LogP contribution in [-0.4, -0.2) is 36.3 Å². The quantitative estimate of drug-likeness (QED) is 0.700. The van der Waals surface area contributed by atoms with Crippen LogP contribution in [0.5, 0.6) is 0 Å². The first-order valence-corrected chi connectivity index (χ1v) is 8.43. The van der Waals surface area contributed by atoms with Gasteiger partial charge in [-0.25, -0.2) is 4.39 Å². The minimum Gasteiger partial charge on any atom is -0.325 e. The van der Waals surface area contributed by atoms with Gasteiger partial charge in [-0.3, -0.25) is 14.5 Å². The average molecular weight is 397 g/mol. The van der Waals surface area contributed by atoms with Crippen LogP contribution in [0.4, 0.5) is 28.9 Å². The highest BCUT2D eigenvalue weighted by molar-refractivity contribution is 5.95. The molecule has 0 aromatic heterocycles. The lowest BCUT2D eigenvalue weighted by Crippen LogP contribution is -2.38. The maximum Gasteiger partial charge on any atom is 0.418 e. The van der Waals surface area contributed by atoms with Gasteiger partial charge < -0.3 is 10.6 Å². The molecule has 0 bridgehead atoms. The van der Waals surface area contributed by atoms with Gasteiger partial charge in [-0.05, 0) is 42.9 Å². The topological polar surface area (TPSA) is 61.4 Å². The maximum atomic E-state index is 13.0. The number of hydrogen-bond acceptors (Lipinski definition) is 3. The number of alkyl halides is 3. The Balaban J connectivity index is 1.94. The summed E-state index contributed by atoms with van der Waals surface area (Å²) in [6.45, 7) is 1.62. The smallest absolute Gasteiger partial charge is 0.325 e. The molecule has 9 heteroatoms. The lowest BCUT2D eigenvalue weighted by Gasteiger charge is -2.20. The molecule has 0 aliphatic rings. The van der Waals surface area contributed by atoms with Crippen LogP contribution in [0.15, 0.2) is 48.5 Å². The number of likely N-dealkylation sites (N-methyl/N-ethyl adjacent to an activating group) is 1. The van der Waals surface area contributed by atoms with Gasteiger partial charge in [0, 0.05) is 5.69 Å². The number of hydrogen-bond donors (Lipinski definition) is 2. The van der Waals surface area contributed by atoms with Crippen molar-refractivity contribution in [3.63, 3.8) is 0 Å². The minimum absolute atomic E-state index is 0.151. The van der Waals surface area contributed by atoms with Crippen LogP contribution in [0.3, 0.4) is 0 Å². The summed E-state index contributed by atoms with van der Waals surface area (Å²) in [5.74, 6) is -1.55. The number of amides is 2. The van der Waals surface area contributed by atoms with E-state index in [-0.39, 0.29) is 18.8 Å². The molecule has 2 aromatic rings. The van der Waals surface area contributed by atoms with Gasteiger partial charge in [0.1, 0.15) is 5.82 Å². The molecule has 2 rings (SSSR count). The zero-order chi connectivity index (χ0) is 20.7. The zero-order valence-electron chi connectivity index (χ0n) is 15.0. The van der Waals surface area contributed by atoms with E-state index in [2.05, 4.69) is 10.6 Å². The number of carbonyl (C=O) groups excluding carboxylic acids is 2. The molecule has 0 aliphatic heterocycles. The van der Waals surface area contributed by atoms with Crippen molar-refractivity contribution < 1.29 is 27.2 Å². The van der Waals surface area contributed by atoms with Crippen molar-refractivity contribution in [1.82, 2.24) is 4.90 Å². The lowest BCUT2D eigenvalue weighted by atomic mass is 10.1. The predicted octanol–water partition coefficient (Wildman–Crippen LogP) is 3.74. The Morgan fingerprint density at radius 3 is 2.07 bits per heavy atom. The van der Waals surface area contributed by atoms with E-state index in [1.165, 1.54) is 41.3 Å². The van der Waals surface area contributed by atoms with E-state index in [9.17, 15) is 27.2 Å². The third kappa shape index (κ3) is 6.34. The lowest BCUT2D eigenvalue weighted by molar-refractivity contribution is -0.137. The van der Waals surface area contributed by atoms with Crippen LogP contribution in [-0.2, 0) is 15.8 Å². The first kappa shape index (κ1) is 21.4. The van der Waals surface area contributed by atoms with Crippen LogP contribution in [0.2, 0.25) is 0 Å². The number of rotatable bonds is 7. The van der Waals surface area contributed by atoms with Crippen LogP contribution in [0.25, 0.3) is 0 Å². The molecule has 0 unspecified atom stereocenters. The van der Waals surface area contributed by atoms with Gasteiger partial charge >= 0.3 is 6.18 Å². The predicted molar refractivity (Wildman–Crippen MR) is 97.2 cm³/mol. The van der Waals surface area contributed by atoms with Crippen molar-refractivity contribution in [2.75, 3.05) is 30.3 Å². The van der Waals surface area contributed by atoms with E-state index >= 15 is 0 Å². The molecule has 0 fully saturated rings. The number of halogens is 4. The molecule has 0 saturated carbocycles. The van der Waals surface area contributed by atoms with Crippen LogP contribution in [0.1, 0.15) is 12.5 Å². The Morgan fingerprint density at radius 1 is 0.929 bits per heavy atom. The van der Waals surface area contributed by atoms with E-state index in [4.69, 9.17) is 0 Å². The summed E-state index contributed by atoms with van der Waals surface area (Å²) in [5.41, 5.74) is -0.890. The zero-order valence-corrected chi connectivity index (χ0v) is 15.0. The largest absolute Gasteiger partial charge is 0.418 e. The number of nitrogens with zero attached hydrogens (tertiary/aromatic N) is 1. The molecule has 2 N–H and O–H groups in total. The Labute approximate surface area is 159 Å². The molecule has 0 heterocycles. The van der Waals surface area contributed by atoms with Crippen molar-refractivity contribution in [2.24, 2.45) is 0 Å². The Hall–Kier alpha value is -2.94. The fourth-order valence-corrected chi connectivity index (χ4v) is 2.45. The molecule has 0 aliphatic carbocycles. The molecule has 5 nitrogen and oxygen atoms in total. The highest BCUT2D eigenvalue weighted by atomic mass is 19.4. The van der Waals surface area contributed by atoms with E-state index < -0.39 is 29.4 Å². The van der Waals surface area contributed by atoms with Gasteiger partial charge in [0.15, 0.2) is 0 Å². The molecule has 28 heavy (non-hydrogen) atoms. The number of carbonyl (C=O) groups is 2. The van der Waals surface area contributed by atoms with E-state index in [1.807, 2.05) is 0 Å². The Morgan fingerprint density at radius 2 is 1.50 bits per heavy atom. The summed E-state index contributed by atoms with van der Waals surface area (Å²) >= 11 is 0. The van der Waals surface area contributed by atoms with E-state index in [0.717, 1.165) is 12.1 Å². The molecule has 0 spiro atoms. The van der Waals surface area contributed by atoms with Crippen molar-refractivity contribution >= 4 is 23.2 Å².